The molecule has 5 nitrogen and oxygen atoms in total. The van der Waals surface area contributed by atoms with Gasteiger partial charge in [-0.15, -0.1) is 0 Å². The van der Waals surface area contributed by atoms with E-state index in [1.54, 1.807) is 19.3 Å². The lowest BCUT2D eigenvalue weighted by Gasteiger charge is -2.18. The van der Waals surface area contributed by atoms with Gasteiger partial charge in [-0.3, -0.25) is 4.99 Å². The summed E-state index contributed by atoms with van der Waals surface area (Å²) in [6, 6.07) is 11.8. The van der Waals surface area contributed by atoms with Crippen LogP contribution in [0.1, 0.15) is 18.1 Å². The number of pyridine rings is 1. The third-order valence-corrected chi connectivity index (χ3v) is 3.92. The predicted octanol–water partition coefficient (Wildman–Crippen LogP) is 3.22. The molecule has 1 heterocycles. The van der Waals surface area contributed by atoms with Crippen LogP contribution in [-0.2, 0) is 6.42 Å². The number of guanidine groups is 1. The van der Waals surface area contributed by atoms with E-state index in [0.29, 0.717) is 11.7 Å². The summed E-state index contributed by atoms with van der Waals surface area (Å²) in [4.78, 5) is 8.31. The summed E-state index contributed by atoms with van der Waals surface area (Å²) in [5, 5.41) is 7.08. The van der Waals surface area contributed by atoms with Crippen LogP contribution in [0.5, 0.6) is 5.75 Å². The molecule has 2 aromatic rings. The Hall–Kier alpha value is -2.27. The fourth-order valence-corrected chi connectivity index (χ4v) is 2.40. The van der Waals surface area contributed by atoms with Crippen molar-refractivity contribution in [2.75, 3.05) is 20.1 Å². The number of hydrogen-bond donors (Lipinski definition) is 2. The molecule has 0 saturated carbocycles. The maximum Gasteiger partial charge on any atom is 0.191 e. The van der Waals surface area contributed by atoms with Crippen molar-refractivity contribution in [1.29, 1.82) is 0 Å². The van der Waals surface area contributed by atoms with Crippen molar-refractivity contribution in [2.45, 2.75) is 26.4 Å². The molecule has 0 radical (unpaired) electrons. The van der Waals surface area contributed by atoms with Crippen molar-refractivity contribution in [1.82, 2.24) is 15.6 Å². The highest BCUT2D eigenvalue weighted by Crippen LogP contribution is 2.17. The highest BCUT2D eigenvalue weighted by Gasteiger charge is 2.07. The molecule has 0 aliphatic carbocycles. The molecule has 25 heavy (non-hydrogen) atoms. The zero-order valence-corrected chi connectivity index (χ0v) is 15.7. The van der Waals surface area contributed by atoms with Crippen LogP contribution in [0.2, 0.25) is 5.15 Å². The highest BCUT2D eigenvalue weighted by atomic mass is 35.5. The van der Waals surface area contributed by atoms with Crippen LogP contribution >= 0.6 is 11.6 Å². The minimum atomic E-state index is 0.0279. The van der Waals surface area contributed by atoms with E-state index in [2.05, 4.69) is 20.6 Å². The second kappa shape index (κ2) is 9.89. The van der Waals surface area contributed by atoms with E-state index in [4.69, 9.17) is 16.3 Å². The Labute approximate surface area is 154 Å². The van der Waals surface area contributed by atoms with Gasteiger partial charge in [-0.25, -0.2) is 4.98 Å². The van der Waals surface area contributed by atoms with Gasteiger partial charge in [0.15, 0.2) is 5.96 Å². The van der Waals surface area contributed by atoms with Crippen LogP contribution < -0.4 is 15.4 Å². The molecule has 0 bridgehead atoms. The maximum absolute atomic E-state index is 5.96. The molecule has 1 unspecified atom stereocenters. The number of aryl methyl sites for hydroxylation is 1. The van der Waals surface area contributed by atoms with Gasteiger partial charge in [0.2, 0.25) is 0 Å². The average molecular weight is 361 g/mol. The number of rotatable bonds is 7. The molecule has 1 aromatic heterocycles. The Morgan fingerprint density at radius 2 is 2.04 bits per heavy atom. The fraction of sp³-hybridized carbons (Fsp3) is 0.368. The highest BCUT2D eigenvalue weighted by molar-refractivity contribution is 6.29. The summed E-state index contributed by atoms with van der Waals surface area (Å²) < 4.78 is 5.96. The zero-order chi connectivity index (χ0) is 18.1. The molecule has 2 N–H and O–H groups in total. The summed E-state index contributed by atoms with van der Waals surface area (Å²) in [6.45, 7) is 5.50. The van der Waals surface area contributed by atoms with Crippen LogP contribution in [0.15, 0.2) is 47.6 Å². The number of aromatic nitrogens is 1. The second-order valence-corrected chi connectivity index (χ2v) is 6.20. The number of nitrogens with one attached hydrogen (secondary N) is 2. The Kier molecular flexibility index (Phi) is 7.54. The second-order valence-electron chi connectivity index (χ2n) is 5.81. The Morgan fingerprint density at radius 1 is 1.24 bits per heavy atom. The maximum atomic E-state index is 5.96. The van der Waals surface area contributed by atoms with Crippen molar-refractivity contribution >= 4 is 17.6 Å². The van der Waals surface area contributed by atoms with E-state index in [1.807, 2.05) is 44.2 Å². The van der Waals surface area contributed by atoms with Crippen LogP contribution in [0.3, 0.4) is 0 Å². The van der Waals surface area contributed by atoms with Gasteiger partial charge in [0, 0.05) is 19.8 Å². The van der Waals surface area contributed by atoms with Crippen LogP contribution in [-0.4, -0.2) is 37.2 Å². The van der Waals surface area contributed by atoms with E-state index in [-0.39, 0.29) is 6.10 Å². The number of para-hydroxylation sites is 1. The van der Waals surface area contributed by atoms with Gasteiger partial charge < -0.3 is 15.4 Å². The largest absolute Gasteiger partial charge is 0.489 e. The lowest BCUT2D eigenvalue weighted by atomic mass is 10.2. The number of hydrogen-bond acceptors (Lipinski definition) is 3. The molecule has 0 aliphatic rings. The molecule has 0 amide bonds. The number of halogens is 1. The number of benzene rings is 1. The third-order valence-electron chi connectivity index (χ3n) is 3.70. The summed E-state index contributed by atoms with van der Waals surface area (Å²) in [7, 11) is 1.76. The summed E-state index contributed by atoms with van der Waals surface area (Å²) in [5.41, 5.74) is 2.26. The zero-order valence-electron chi connectivity index (χ0n) is 14.9. The van der Waals surface area contributed by atoms with Gasteiger partial charge in [0.25, 0.3) is 0 Å². The van der Waals surface area contributed by atoms with Crippen LogP contribution in [0, 0.1) is 6.92 Å². The first-order valence-electron chi connectivity index (χ1n) is 8.35. The van der Waals surface area contributed by atoms with E-state index < -0.39 is 0 Å². The Balaban J connectivity index is 1.72. The van der Waals surface area contributed by atoms with Crippen LogP contribution in [0.25, 0.3) is 0 Å². The molecular weight excluding hydrogens is 336 g/mol. The van der Waals surface area contributed by atoms with Crippen molar-refractivity contribution in [3.8, 4) is 5.75 Å². The van der Waals surface area contributed by atoms with Crippen molar-refractivity contribution in [3.63, 3.8) is 0 Å². The van der Waals surface area contributed by atoms with E-state index in [9.17, 15) is 0 Å². The van der Waals surface area contributed by atoms with Crippen molar-refractivity contribution in [3.05, 3.63) is 58.9 Å². The molecular formula is C19H25ClN4O. The minimum absolute atomic E-state index is 0.0279. The first-order chi connectivity index (χ1) is 12.1. The molecule has 0 saturated heterocycles. The molecule has 0 spiro atoms. The standard InChI is InChI=1S/C19H25ClN4O/c1-14-6-4-5-7-17(14)25-15(2)12-24-19(21-3)22-11-10-16-8-9-18(20)23-13-16/h4-9,13,15H,10-12H2,1-3H3,(H2,21,22,24). The smallest absolute Gasteiger partial charge is 0.191 e. The fourth-order valence-electron chi connectivity index (χ4n) is 2.29. The lowest BCUT2D eigenvalue weighted by molar-refractivity contribution is 0.222. The van der Waals surface area contributed by atoms with Crippen molar-refractivity contribution < 1.29 is 4.74 Å². The molecule has 6 heteroatoms. The topological polar surface area (TPSA) is 58.5 Å². The first-order valence-corrected chi connectivity index (χ1v) is 8.73. The Bertz CT molecular complexity index is 688. The molecule has 0 aliphatic heterocycles. The van der Waals surface area contributed by atoms with Gasteiger partial charge in [-0.1, -0.05) is 35.9 Å². The monoisotopic (exact) mass is 360 g/mol. The number of aliphatic imine (C=N–C) groups is 1. The SMILES string of the molecule is CN=C(NCCc1ccc(Cl)nc1)NCC(C)Oc1ccccc1C. The van der Waals surface area contributed by atoms with Crippen LogP contribution in [0.4, 0.5) is 0 Å². The van der Waals surface area contributed by atoms with E-state index in [0.717, 1.165) is 35.8 Å². The minimum Gasteiger partial charge on any atom is -0.489 e. The van der Waals surface area contributed by atoms with Gasteiger partial charge in [0.1, 0.15) is 17.0 Å². The quantitative estimate of drug-likeness (QED) is 0.452. The van der Waals surface area contributed by atoms with E-state index in [1.165, 1.54) is 0 Å². The molecule has 134 valence electrons. The number of nitrogens with zero attached hydrogens (tertiary/aromatic N) is 2. The molecule has 0 fully saturated rings. The van der Waals surface area contributed by atoms with Gasteiger partial charge >= 0.3 is 0 Å². The van der Waals surface area contributed by atoms with Gasteiger partial charge in [-0.05, 0) is 43.5 Å². The normalized spacial score (nSPS) is 12.6. The molecule has 2 rings (SSSR count). The molecule has 1 atom stereocenters. The predicted molar refractivity (Wildman–Crippen MR) is 104 cm³/mol. The average Bonchev–Trinajstić information content (AvgIpc) is 2.61. The summed E-state index contributed by atoms with van der Waals surface area (Å²) in [6.07, 6.45) is 2.67. The molecule has 1 aromatic carbocycles. The summed E-state index contributed by atoms with van der Waals surface area (Å²) >= 11 is 5.79. The van der Waals surface area contributed by atoms with Crippen molar-refractivity contribution in [2.24, 2.45) is 4.99 Å². The number of ether oxygens (including phenoxy) is 1. The third kappa shape index (κ3) is 6.63. The van der Waals surface area contributed by atoms with Gasteiger partial charge in [0.05, 0.1) is 6.54 Å². The van der Waals surface area contributed by atoms with E-state index >= 15 is 0 Å². The first kappa shape index (κ1) is 19.1. The lowest BCUT2D eigenvalue weighted by Crippen LogP contribution is -2.42. The van der Waals surface area contributed by atoms with Gasteiger partial charge in [-0.2, -0.15) is 0 Å². The Morgan fingerprint density at radius 3 is 2.72 bits per heavy atom. The summed E-state index contributed by atoms with van der Waals surface area (Å²) in [5.74, 6) is 1.66.